The third kappa shape index (κ3) is 2.91. The van der Waals surface area contributed by atoms with E-state index in [4.69, 9.17) is 9.47 Å². The average molecular weight is 353 g/mol. The average Bonchev–Trinajstić information content (AvgIpc) is 3.04. The molecule has 6 nitrogen and oxygen atoms in total. The van der Waals surface area contributed by atoms with Crippen molar-refractivity contribution in [3.8, 4) is 11.5 Å². The largest absolute Gasteiger partial charge is 0.493 e. The van der Waals surface area contributed by atoms with Crippen LogP contribution in [0, 0.1) is 0 Å². The number of aromatic nitrogens is 2. The second-order valence-corrected chi connectivity index (χ2v) is 6.52. The van der Waals surface area contributed by atoms with Crippen LogP contribution >= 0.6 is 0 Å². The molecular weight excluding hydrogens is 330 g/mol. The van der Waals surface area contributed by atoms with Gasteiger partial charge in [-0.15, -0.1) is 0 Å². The minimum Gasteiger partial charge on any atom is -0.493 e. The second-order valence-electron chi connectivity index (χ2n) is 6.52. The zero-order valence-corrected chi connectivity index (χ0v) is 15.1. The van der Waals surface area contributed by atoms with Crippen LogP contribution in [0.1, 0.15) is 17.0 Å². The molecule has 0 atom stereocenters. The van der Waals surface area contributed by atoms with E-state index in [1.165, 1.54) is 11.1 Å². The number of ether oxygens (including phenoxy) is 2. The predicted molar refractivity (Wildman–Crippen MR) is 99.3 cm³/mol. The van der Waals surface area contributed by atoms with Gasteiger partial charge in [0, 0.05) is 13.1 Å². The summed E-state index contributed by atoms with van der Waals surface area (Å²) in [5, 5.41) is 9.70. The summed E-state index contributed by atoms with van der Waals surface area (Å²) >= 11 is 0. The molecular formula is C20H23N3O3. The lowest BCUT2D eigenvalue weighted by atomic mass is 9.99. The fourth-order valence-corrected chi connectivity index (χ4v) is 3.67. The number of methoxy groups -OCH3 is 2. The van der Waals surface area contributed by atoms with Crippen molar-refractivity contribution in [1.29, 1.82) is 0 Å². The lowest BCUT2D eigenvalue weighted by molar-refractivity contribution is 0.189. The van der Waals surface area contributed by atoms with Gasteiger partial charge in [-0.2, -0.15) is 0 Å². The number of benzene rings is 2. The van der Waals surface area contributed by atoms with Crippen molar-refractivity contribution in [3.05, 3.63) is 53.3 Å². The van der Waals surface area contributed by atoms with Gasteiger partial charge in [0.05, 0.1) is 31.9 Å². The number of aliphatic hydroxyl groups excluding tert-OH is 1. The molecule has 0 radical (unpaired) electrons. The Morgan fingerprint density at radius 3 is 2.54 bits per heavy atom. The zero-order chi connectivity index (χ0) is 18.1. The Hall–Kier alpha value is -2.57. The monoisotopic (exact) mass is 353 g/mol. The van der Waals surface area contributed by atoms with Gasteiger partial charge in [0.25, 0.3) is 0 Å². The SMILES string of the molecule is COc1cc2c(cc1OC)CN(Cn1c(CO)nc3ccccc31)CC2. The highest BCUT2D eigenvalue weighted by Crippen LogP contribution is 2.33. The minimum absolute atomic E-state index is 0.0653. The van der Waals surface area contributed by atoms with Crippen molar-refractivity contribution in [2.45, 2.75) is 26.2 Å². The molecule has 1 N–H and O–H groups in total. The molecule has 1 aromatic heterocycles. The van der Waals surface area contributed by atoms with Crippen LogP contribution in [0.3, 0.4) is 0 Å². The molecule has 0 spiro atoms. The first kappa shape index (κ1) is 16.9. The standard InChI is InChI=1S/C20H23N3O3/c1-25-18-9-14-7-8-22(11-15(14)10-19(18)26-2)13-23-17-6-4-3-5-16(17)21-20(23)12-24/h3-6,9-10,24H,7-8,11-13H2,1-2H3. The first-order chi connectivity index (χ1) is 12.7. The molecule has 6 heteroatoms. The molecule has 3 aromatic rings. The maximum Gasteiger partial charge on any atom is 0.161 e. The van der Waals surface area contributed by atoms with Gasteiger partial charge in [0.15, 0.2) is 11.5 Å². The third-order valence-electron chi connectivity index (χ3n) is 5.01. The summed E-state index contributed by atoms with van der Waals surface area (Å²) in [6.07, 6.45) is 0.955. The van der Waals surface area contributed by atoms with Gasteiger partial charge in [-0.25, -0.2) is 4.98 Å². The van der Waals surface area contributed by atoms with Crippen molar-refractivity contribution in [2.75, 3.05) is 20.8 Å². The molecule has 2 heterocycles. The Morgan fingerprint density at radius 2 is 1.81 bits per heavy atom. The normalized spacial score (nSPS) is 14.4. The number of aliphatic hydroxyl groups is 1. The fraction of sp³-hybridized carbons (Fsp3) is 0.350. The van der Waals surface area contributed by atoms with Crippen LogP contribution in [-0.2, 0) is 26.2 Å². The molecule has 4 rings (SSSR count). The lowest BCUT2D eigenvalue weighted by Crippen LogP contribution is -2.33. The van der Waals surface area contributed by atoms with Gasteiger partial charge in [-0.3, -0.25) is 4.90 Å². The first-order valence-electron chi connectivity index (χ1n) is 8.74. The minimum atomic E-state index is -0.0653. The molecule has 0 unspecified atom stereocenters. The summed E-state index contributed by atoms with van der Waals surface area (Å²) in [7, 11) is 3.33. The number of hydrogen-bond donors (Lipinski definition) is 1. The maximum absolute atomic E-state index is 9.70. The smallest absolute Gasteiger partial charge is 0.161 e. The lowest BCUT2D eigenvalue weighted by Gasteiger charge is -2.30. The Kier molecular flexibility index (Phi) is 4.53. The summed E-state index contributed by atoms with van der Waals surface area (Å²) in [4.78, 5) is 6.90. The molecule has 136 valence electrons. The third-order valence-corrected chi connectivity index (χ3v) is 5.01. The Labute approximate surface area is 152 Å². The summed E-state index contributed by atoms with van der Waals surface area (Å²) in [6, 6.07) is 12.2. The summed E-state index contributed by atoms with van der Waals surface area (Å²) in [5.74, 6) is 2.24. The highest BCUT2D eigenvalue weighted by Gasteiger charge is 2.21. The topological polar surface area (TPSA) is 59.8 Å². The van der Waals surface area contributed by atoms with Crippen molar-refractivity contribution >= 4 is 11.0 Å². The number of hydrogen-bond acceptors (Lipinski definition) is 5. The van der Waals surface area contributed by atoms with Crippen LogP contribution in [0.5, 0.6) is 11.5 Å². The molecule has 1 aliphatic rings. The predicted octanol–water partition coefficient (Wildman–Crippen LogP) is 2.56. The number of nitrogens with zero attached hydrogens (tertiary/aromatic N) is 3. The van der Waals surface area contributed by atoms with E-state index in [0.29, 0.717) is 12.5 Å². The van der Waals surface area contributed by atoms with Crippen molar-refractivity contribution < 1.29 is 14.6 Å². The Bertz CT molecular complexity index is 935. The molecule has 1 aliphatic heterocycles. The van der Waals surface area contributed by atoms with E-state index in [0.717, 1.165) is 42.0 Å². The van der Waals surface area contributed by atoms with E-state index in [9.17, 15) is 5.11 Å². The molecule has 26 heavy (non-hydrogen) atoms. The van der Waals surface area contributed by atoms with Crippen LogP contribution in [0.4, 0.5) is 0 Å². The van der Waals surface area contributed by atoms with Gasteiger partial charge in [0.2, 0.25) is 0 Å². The van der Waals surface area contributed by atoms with Gasteiger partial charge >= 0.3 is 0 Å². The molecule has 2 aromatic carbocycles. The van der Waals surface area contributed by atoms with Crippen molar-refractivity contribution in [1.82, 2.24) is 14.5 Å². The van der Waals surface area contributed by atoms with E-state index in [1.54, 1.807) is 14.2 Å². The fourth-order valence-electron chi connectivity index (χ4n) is 3.67. The number of imidazole rings is 1. The maximum atomic E-state index is 9.70. The number of rotatable bonds is 5. The van der Waals surface area contributed by atoms with E-state index in [-0.39, 0.29) is 6.61 Å². The van der Waals surface area contributed by atoms with Crippen LogP contribution < -0.4 is 9.47 Å². The van der Waals surface area contributed by atoms with Crippen LogP contribution in [0.15, 0.2) is 36.4 Å². The van der Waals surface area contributed by atoms with E-state index >= 15 is 0 Å². The first-order valence-corrected chi connectivity index (χ1v) is 8.74. The van der Waals surface area contributed by atoms with E-state index in [2.05, 4.69) is 26.6 Å². The van der Waals surface area contributed by atoms with Crippen LogP contribution in [0.2, 0.25) is 0 Å². The van der Waals surface area contributed by atoms with Crippen LogP contribution in [0.25, 0.3) is 11.0 Å². The Balaban J connectivity index is 1.62. The quantitative estimate of drug-likeness (QED) is 0.764. The van der Waals surface area contributed by atoms with Gasteiger partial charge < -0.3 is 19.1 Å². The Morgan fingerprint density at radius 1 is 1.08 bits per heavy atom. The molecule has 0 fully saturated rings. The highest BCUT2D eigenvalue weighted by molar-refractivity contribution is 5.75. The molecule has 0 aliphatic carbocycles. The number of para-hydroxylation sites is 2. The molecule has 0 bridgehead atoms. The second kappa shape index (κ2) is 6.97. The van der Waals surface area contributed by atoms with Crippen molar-refractivity contribution in [3.63, 3.8) is 0 Å². The summed E-state index contributed by atoms with van der Waals surface area (Å²) < 4.78 is 13.0. The summed E-state index contributed by atoms with van der Waals surface area (Å²) in [6.45, 7) is 2.40. The van der Waals surface area contributed by atoms with E-state index < -0.39 is 0 Å². The highest BCUT2D eigenvalue weighted by atomic mass is 16.5. The van der Waals surface area contributed by atoms with Crippen molar-refractivity contribution in [2.24, 2.45) is 0 Å². The van der Waals surface area contributed by atoms with Crippen LogP contribution in [-0.4, -0.2) is 40.3 Å². The number of fused-ring (bicyclic) bond motifs is 2. The molecule has 0 amide bonds. The zero-order valence-electron chi connectivity index (χ0n) is 15.1. The molecule has 0 saturated carbocycles. The summed E-state index contributed by atoms with van der Waals surface area (Å²) in [5.41, 5.74) is 4.52. The van der Waals surface area contributed by atoms with Gasteiger partial charge in [0.1, 0.15) is 12.4 Å². The van der Waals surface area contributed by atoms with Gasteiger partial charge in [-0.1, -0.05) is 12.1 Å². The van der Waals surface area contributed by atoms with E-state index in [1.807, 2.05) is 24.3 Å². The molecule has 0 saturated heterocycles. The van der Waals surface area contributed by atoms with Gasteiger partial charge in [-0.05, 0) is 41.8 Å².